The highest BCUT2D eigenvalue weighted by atomic mass is 79.9. The van der Waals surface area contributed by atoms with Crippen LogP contribution in [0.25, 0.3) is 0 Å². The van der Waals surface area contributed by atoms with E-state index >= 15 is 0 Å². The largest absolute Gasteiger partial charge is 0.397 e. The minimum absolute atomic E-state index is 0.238. The molecule has 1 aliphatic heterocycles. The van der Waals surface area contributed by atoms with Crippen LogP contribution in [0.1, 0.15) is 26.7 Å². The summed E-state index contributed by atoms with van der Waals surface area (Å²) in [5.41, 5.74) is 8.32. The summed E-state index contributed by atoms with van der Waals surface area (Å²) in [4.78, 5) is 2.41. The topological polar surface area (TPSA) is 29.3 Å². The van der Waals surface area contributed by atoms with Crippen molar-refractivity contribution >= 4 is 27.3 Å². The average molecular weight is 269 g/mol. The van der Waals surface area contributed by atoms with Crippen molar-refractivity contribution in [3.05, 3.63) is 22.7 Å². The number of hydrogen-bond donors (Lipinski definition) is 1. The third-order valence-electron chi connectivity index (χ3n) is 3.18. The SMILES string of the molecule is CC1(C)CCCN1c1ccc(Br)cc1N. The van der Waals surface area contributed by atoms with Gasteiger partial charge in [0, 0.05) is 16.6 Å². The fourth-order valence-corrected chi connectivity index (χ4v) is 2.70. The molecule has 0 aromatic heterocycles. The Morgan fingerprint density at radius 1 is 1.40 bits per heavy atom. The second-order valence-corrected chi connectivity index (χ2v) is 5.69. The second-order valence-electron chi connectivity index (χ2n) is 4.77. The molecule has 0 saturated carbocycles. The maximum atomic E-state index is 6.05. The van der Waals surface area contributed by atoms with Crippen molar-refractivity contribution in [2.24, 2.45) is 0 Å². The fraction of sp³-hybridized carbons (Fsp3) is 0.500. The Hall–Kier alpha value is -0.700. The third kappa shape index (κ3) is 1.98. The normalized spacial score (nSPS) is 19.5. The Morgan fingerprint density at radius 3 is 2.67 bits per heavy atom. The number of rotatable bonds is 1. The molecule has 2 rings (SSSR count). The van der Waals surface area contributed by atoms with Gasteiger partial charge in [0.25, 0.3) is 0 Å². The van der Waals surface area contributed by atoms with Gasteiger partial charge in [-0.1, -0.05) is 15.9 Å². The van der Waals surface area contributed by atoms with Crippen LogP contribution in [0.5, 0.6) is 0 Å². The van der Waals surface area contributed by atoms with Gasteiger partial charge >= 0.3 is 0 Å². The van der Waals surface area contributed by atoms with Crippen LogP contribution in [0, 0.1) is 0 Å². The fourth-order valence-electron chi connectivity index (χ4n) is 2.33. The van der Waals surface area contributed by atoms with Crippen molar-refractivity contribution in [1.82, 2.24) is 0 Å². The van der Waals surface area contributed by atoms with Gasteiger partial charge in [-0.3, -0.25) is 0 Å². The van der Waals surface area contributed by atoms with Gasteiger partial charge in [-0.2, -0.15) is 0 Å². The number of hydrogen-bond acceptors (Lipinski definition) is 2. The molecule has 1 aromatic carbocycles. The molecule has 0 atom stereocenters. The van der Waals surface area contributed by atoms with Gasteiger partial charge in [-0.25, -0.2) is 0 Å². The average Bonchev–Trinajstić information content (AvgIpc) is 2.46. The number of nitrogens with zero attached hydrogens (tertiary/aromatic N) is 1. The maximum absolute atomic E-state index is 6.05. The molecule has 82 valence electrons. The van der Waals surface area contributed by atoms with Gasteiger partial charge in [-0.05, 0) is 44.9 Å². The monoisotopic (exact) mass is 268 g/mol. The van der Waals surface area contributed by atoms with Crippen molar-refractivity contribution in [1.29, 1.82) is 0 Å². The predicted octanol–water partition coefficient (Wildman–Crippen LogP) is 3.41. The van der Waals surface area contributed by atoms with Crippen molar-refractivity contribution in [2.45, 2.75) is 32.2 Å². The maximum Gasteiger partial charge on any atom is 0.0605 e. The Morgan fingerprint density at radius 2 is 2.13 bits per heavy atom. The molecule has 1 aromatic rings. The highest BCUT2D eigenvalue weighted by molar-refractivity contribution is 9.10. The highest BCUT2D eigenvalue weighted by Gasteiger charge is 2.32. The van der Waals surface area contributed by atoms with Crippen molar-refractivity contribution in [3.8, 4) is 0 Å². The lowest BCUT2D eigenvalue weighted by molar-refractivity contribution is 0.518. The van der Waals surface area contributed by atoms with Gasteiger partial charge in [-0.15, -0.1) is 0 Å². The Bertz CT molecular complexity index is 374. The molecule has 3 heteroatoms. The van der Waals surface area contributed by atoms with Crippen molar-refractivity contribution in [3.63, 3.8) is 0 Å². The third-order valence-corrected chi connectivity index (χ3v) is 3.67. The van der Waals surface area contributed by atoms with Crippen LogP contribution in [-0.2, 0) is 0 Å². The van der Waals surface area contributed by atoms with Gasteiger partial charge in [0.2, 0.25) is 0 Å². The molecule has 0 aliphatic carbocycles. The molecule has 1 heterocycles. The van der Waals surface area contributed by atoms with E-state index in [4.69, 9.17) is 5.73 Å². The lowest BCUT2D eigenvalue weighted by Gasteiger charge is -2.34. The smallest absolute Gasteiger partial charge is 0.0605 e. The first-order chi connectivity index (χ1) is 7.00. The molecule has 0 unspecified atom stereocenters. The van der Waals surface area contributed by atoms with Crippen molar-refractivity contribution in [2.75, 3.05) is 17.2 Å². The molecule has 15 heavy (non-hydrogen) atoms. The van der Waals surface area contributed by atoms with E-state index < -0.39 is 0 Å². The molecule has 0 spiro atoms. The summed E-state index contributed by atoms with van der Waals surface area (Å²) < 4.78 is 1.04. The van der Waals surface area contributed by atoms with Crippen LogP contribution in [0.4, 0.5) is 11.4 Å². The lowest BCUT2D eigenvalue weighted by Crippen LogP contribution is -2.38. The molecule has 0 amide bonds. The summed E-state index contributed by atoms with van der Waals surface area (Å²) in [5, 5.41) is 0. The molecular weight excluding hydrogens is 252 g/mol. The summed E-state index contributed by atoms with van der Waals surface area (Å²) in [6.07, 6.45) is 2.49. The van der Waals surface area contributed by atoms with Crippen molar-refractivity contribution < 1.29 is 0 Å². The number of benzene rings is 1. The number of halogens is 1. The summed E-state index contributed by atoms with van der Waals surface area (Å²) >= 11 is 3.43. The van der Waals surface area contributed by atoms with E-state index in [-0.39, 0.29) is 5.54 Å². The number of anilines is 2. The Kier molecular flexibility index (Phi) is 2.67. The molecule has 1 saturated heterocycles. The Labute approximate surface area is 99.6 Å². The minimum atomic E-state index is 0.238. The summed E-state index contributed by atoms with van der Waals surface area (Å²) in [5.74, 6) is 0. The number of nitrogen functional groups attached to an aromatic ring is 1. The van der Waals surface area contributed by atoms with Gasteiger partial charge < -0.3 is 10.6 Å². The molecule has 1 aliphatic rings. The van der Waals surface area contributed by atoms with E-state index in [0.29, 0.717) is 0 Å². The van der Waals surface area contributed by atoms with Crippen LogP contribution in [0.15, 0.2) is 22.7 Å². The number of nitrogens with two attached hydrogens (primary N) is 1. The lowest BCUT2D eigenvalue weighted by atomic mass is 10.0. The first-order valence-corrected chi connectivity index (χ1v) is 6.13. The molecule has 2 nitrogen and oxygen atoms in total. The molecule has 2 N–H and O–H groups in total. The van der Waals surface area contributed by atoms with Gasteiger partial charge in [0.15, 0.2) is 0 Å². The van der Waals surface area contributed by atoms with Crippen LogP contribution >= 0.6 is 15.9 Å². The highest BCUT2D eigenvalue weighted by Crippen LogP contribution is 2.37. The first kappa shape index (κ1) is 10.8. The van der Waals surface area contributed by atoms with Gasteiger partial charge in [0.1, 0.15) is 0 Å². The minimum Gasteiger partial charge on any atom is -0.397 e. The Balaban J connectivity index is 2.37. The quantitative estimate of drug-likeness (QED) is 0.791. The van der Waals surface area contributed by atoms with Crippen LogP contribution in [0.2, 0.25) is 0 Å². The zero-order valence-electron chi connectivity index (χ0n) is 9.26. The molecule has 1 fully saturated rings. The van der Waals surface area contributed by atoms with Gasteiger partial charge in [0.05, 0.1) is 11.4 Å². The molecule has 0 bridgehead atoms. The zero-order valence-corrected chi connectivity index (χ0v) is 10.8. The van der Waals surface area contributed by atoms with Crippen LogP contribution in [0.3, 0.4) is 0 Å². The van der Waals surface area contributed by atoms with E-state index in [1.54, 1.807) is 0 Å². The predicted molar refractivity (Wildman–Crippen MR) is 69.2 cm³/mol. The zero-order chi connectivity index (χ0) is 11.1. The second kappa shape index (κ2) is 3.71. The van der Waals surface area contributed by atoms with E-state index in [9.17, 15) is 0 Å². The standard InChI is InChI=1S/C12H17BrN2/c1-12(2)6-3-7-15(12)11-5-4-9(13)8-10(11)14/h4-5,8H,3,6-7,14H2,1-2H3. The summed E-state index contributed by atoms with van der Waals surface area (Å²) in [6, 6.07) is 6.14. The molecular formula is C12H17BrN2. The summed E-state index contributed by atoms with van der Waals surface area (Å²) in [7, 11) is 0. The summed E-state index contributed by atoms with van der Waals surface area (Å²) in [6.45, 7) is 5.67. The van der Waals surface area contributed by atoms with Crippen LogP contribution < -0.4 is 10.6 Å². The van der Waals surface area contributed by atoms with Crippen LogP contribution in [-0.4, -0.2) is 12.1 Å². The van der Waals surface area contributed by atoms with E-state index in [0.717, 1.165) is 16.7 Å². The first-order valence-electron chi connectivity index (χ1n) is 5.33. The van der Waals surface area contributed by atoms with E-state index in [1.807, 2.05) is 6.07 Å². The van der Waals surface area contributed by atoms with E-state index in [1.165, 1.54) is 18.5 Å². The van der Waals surface area contributed by atoms with E-state index in [2.05, 4.69) is 46.8 Å². The molecule has 0 radical (unpaired) electrons.